The van der Waals surface area contributed by atoms with Crippen LogP contribution in [0.4, 0.5) is 13.2 Å². The first-order valence-corrected chi connectivity index (χ1v) is 5.02. The van der Waals surface area contributed by atoms with E-state index in [0.717, 1.165) is 0 Å². The van der Waals surface area contributed by atoms with Crippen molar-refractivity contribution in [1.82, 2.24) is 0 Å². The minimum Gasteiger partial charge on any atom is -0.373 e. The lowest BCUT2D eigenvalue weighted by Crippen LogP contribution is -2.31. The molecule has 1 unspecified atom stereocenters. The molecule has 0 fully saturated rings. The molecule has 1 nitrogen and oxygen atoms in total. The summed E-state index contributed by atoms with van der Waals surface area (Å²) in [6, 6.07) is 6.17. The van der Waals surface area contributed by atoms with Crippen LogP contribution >= 0.6 is 11.6 Å². The van der Waals surface area contributed by atoms with Crippen LogP contribution in [0.2, 0.25) is 5.02 Å². The first kappa shape index (κ1) is 13.3. The molecular formula is C11H12ClF3O. The van der Waals surface area contributed by atoms with Crippen LogP contribution in [-0.4, -0.2) is 13.3 Å². The molecule has 1 rings (SSSR count). The van der Waals surface area contributed by atoms with Crippen molar-refractivity contribution in [1.29, 1.82) is 0 Å². The van der Waals surface area contributed by atoms with Crippen LogP contribution in [0.5, 0.6) is 0 Å². The Balaban J connectivity index is 3.00. The van der Waals surface area contributed by atoms with Gasteiger partial charge >= 0.3 is 6.18 Å². The predicted octanol–water partition coefficient (Wildman–Crippen LogP) is 4.15. The molecule has 0 bridgehead atoms. The van der Waals surface area contributed by atoms with Gasteiger partial charge in [0.25, 0.3) is 0 Å². The summed E-state index contributed by atoms with van der Waals surface area (Å²) < 4.78 is 42.2. The van der Waals surface area contributed by atoms with E-state index in [1.54, 1.807) is 12.1 Å². The Kier molecular flexibility index (Phi) is 3.86. The summed E-state index contributed by atoms with van der Waals surface area (Å²) in [7, 11) is 1.26. The second kappa shape index (κ2) is 4.63. The zero-order valence-electron chi connectivity index (χ0n) is 8.94. The molecule has 0 radical (unpaired) electrons. The molecule has 1 aromatic carbocycles. The molecular weight excluding hydrogens is 241 g/mol. The second-order valence-electron chi connectivity index (χ2n) is 3.73. The Morgan fingerprint density at radius 1 is 1.19 bits per heavy atom. The van der Waals surface area contributed by atoms with Crippen LogP contribution in [-0.2, 0) is 10.3 Å². The maximum absolute atomic E-state index is 12.4. The van der Waals surface area contributed by atoms with Crippen molar-refractivity contribution in [3.63, 3.8) is 0 Å². The molecule has 1 aromatic rings. The number of methoxy groups -OCH3 is 1. The summed E-state index contributed by atoms with van der Waals surface area (Å²) in [5.74, 6) is 0. The highest BCUT2D eigenvalue weighted by atomic mass is 35.5. The van der Waals surface area contributed by atoms with Gasteiger partial charge in [0.1, 0.15) is 0 Å². The van der Waals surface area contributed by atoms with Gasteiger partial charge < -0.3 is 4.74 Å². The third-order valence-corrected chi connectivity index (χ3v) is 2.70. The van der Waals surface area contributed by atoms with Crippen LogP contribution in [0.3, 0.4) is 0 Å². The van der Waals surface area contributed by atoms with Gasteiger partial charge in [0.15, 0.2) is 0 Å². The van der Waals surface area contributed by atoms with E-state index in [9.17, 15) is 13.2 Å². The summed E-state index contributed by atoms with van der Waals surface area (Å²) in [4.78, 5) is 0. The fourth-order valence-electron chi connectivity index (χ4n) is 1.48. The SMILES string of the molecule is COC(C)(CC(F)(F)F)c1ccc(Cl)cc1. The standard InChI is InChI=1S/C11H12ClF3O/c1-10(16-2,7-11(13,14)15)8-3-5-9(12)6-4-8/h3-6H,7H2,1-2H3. The fraction of sp³-hybridized carbons (Fsp3) is 0.455. The number of alkyl halides is 3. The van der Waals surface area contributed by atoms with Gasteiger partial charge in [-0.25, -0.2) is 0 Å². The number of ether oxygens (including phenoxy) is 1. The van der Waals surface area contributed by atoms with E-state index >= 15 is 0 Å². The molecule has 0 saturated heterocycles. The van der Waals surface area contributed by atoms with Gasteiger partial charge in [0, 0.05) is 12.1 Å². The van der Waals surface area contributed by atoms with E-state index in [2.05, 4.69) is 0 Å². The molecule has 0 aliphatic carbocycles. The summed E-state index contributed by atoms with van der Waals surface area (Å²) >= 11 is 5.68. The Morgan fingerprint density at radius 2 is 1.69 bits per heavy atom. The Hall–Kier alpha value is -0.740. The maximum atomic E-state index is 12.4. The highest BCUT2D eigenvalue weighted by molar-refractivity contribution is 6.30. The van der Waals surface area contributed by atoms with E-state index < -0.39 is 18.2 Å². The monoisotopic (exact) mass is 252 g/mol. The number of rotatable bonds is 3. The van der Waals surface area contributed by atoms with Gasteiger partial charge in [-0.05, 0) is 24.6 Å². The average molecular weight is 253 g/mol. The fourth-order valence-corrected chi connectivity index (χ4v) is 1.60. The normalized spacial score (nSPS) is 15.9. The van der Waals surface area contributed by atoms with E-state index in [1.807, 2.05) is 0 Å². The molecule has 0 amide bonds. The lowest BCUT2D eigenvalue weighted by atomic mass is 9.92. The number of hydrogen-bond donors (Lipinski definition) is 0. The largest absolute Gasteiger partial charge is 0.392 e. The van der Waals surface area contributed by atoms with Gasteiger partial charge in [-0.1, -0.05) is 23.7 Å². The van der Waals surface area contributed by atoms with Gasteiger partial charge in [-0.3, -0.25) is 0 Å². The first-order valence-electron chi connectivity index (χ1n) is 4.65. The quantitative estimate of drug-likeness (QED) is 0.785. The van der Waals surface area contributed by atoms with Gasteiger partial charge in [-0.2, -0.15) is 13.2 Å². The molecule has 0 aromatic heterocycles. The molecule has 0 spiro atoms. The van der Waals surface area contributed by atoms with Gasteiger partial charge in [0.05, 0.1) is 12.0 Å². The minimum absolute atomic E-state index is 0.455. The van der Waals surface area contributed by atoms with Crippen molar-refractivity contribution in [2.24, 2.45) is 0 Å². The summed E-state index contributed by atoms with van der Waals surface area (Å²) in [5.41, 5.74) is -0.917. The molecule has 90 valence electrons. The number of benzene rings is 1. The Bertz CT molecular complexity index is 347. The zero-order chi connectivity index (χ0) is 12.4. The van der Waals surface area contributed by atoms with Crippen molar-refractivity contribution < 1.29 is 17.9 Å². The lowest BCUT2D eigenvalue weighted by Gasteiger charge is -2.29. The summed E-state index contributed by atoms with van der Waals surface area (Å²) in [6.45, 7) is 1.41. The molecule has 0 aliphatic heterocycles. The van der Waals surface area contributed by atoms with Crippen molar-refractivity contribution in [3.8, 4) is 0 Å². The van der Waals surface area contributed by atoms with Crippen LogP contribution < -0.4 is 0 Å². The average Bonchev–Trinajstić information content (AvgIpc) is 2.16. The molecule has 5 heteroatoms. The van der Waals surface area contributed by atoms with Crippen molar-refractivity contribution in [2.45, 2.75) is 25.1 Å². The minimum atomic E-state index is -4.27. The zero-order valence-corrected chi connectivity index (χ0v) is 9.69. The predicted molar refractivity (Wildman–Crippen MR) is 56.5 cm³/mol. The van der Waals surface area contributed by atoms with Crippen LogP contribution in [0, 0.1) is 0 Å². The van der Waals surface area contributed by atoms with Crippen LogP contribution in [0.15, 0.2) is 24.3 Å². The third-order valence-electron chi connectivity index (χ3n) is 2.44. The summed E-state index contributed by atoms with van der Waals surface area (Å²) in [5, 5.41) is 0.481. The van der Waals surface area contributed by atoms with E-state index in [0.29, 0.717) is 10.6 Å². The van der Waals surface area contributed by atoms with Crippen molar-refractivity contribution >= 4 is 11.6 Å². The van der Waals surface area contributed by atoms with E-state index in [4.69, 9.17) is 16.3 Å². The maximum Gasteiger partial charge on any atom is 0.392 e. The highest BCUT2D eigenvalue weighted by Crippen LogP contribution is 2.37. The van der Waals surface area contributed by atoms with E-state index in [-0.39, 0.29) is 0 Å². The van der Waals surface area contributed by atoms with Gasteiger partial charge in [0.2, 0.25) is 0 Å². The van der Waals surface area contributed by atoms with Gasteiger partial charge in [-0.15, -0.1) is 0 Å². The molecule has 0 saturated carbocycles. The topological polar surface area (TPSA) is 9.23 Å². The first-order chi connectivity index (χ1) is 7.27. The van der Waals surface area contributed by atoms with Crippen LogP contribution in [0.25, 0.3) is 0 Å². The molecule has 0 aliphatic rings. The number of halogens is 4. The lowest BCUT2D eigenvalue weighted by molar-refractivity contribution is -0.181. The Labute approximate surface area is 97.2 Å². The highest BCUT2D eigenvalue weighted by Gasteiger charge is 2.40. The number of hydrogen-bond acceptors (Lipinski definition) is 1. The third kappa shape index (κ3) is 3.39. The van der Waals surface area contributed by atoms with Crippen LogP contribution in [0.1, 0.15) is 18.9 Å². The molecule has 16 heavy (non-hydrogen) atoms. The van der Waals surface area contributed by atoms with Crippen molar-refractivity contribution in [3.05, 3.63) is 34.9 Å². The summed E-state index contributed by atoms with van der Waals surface area (Å²) in [6.07, 6.45) is -5.30. The smallest absolute Gasteiger partial charge is 0.373 e. The molecule has 1 atom stereocenters. The molecule has 0 N–H and O–H groups in total. The van der Waals surface area contributed by atoms with Crippen molar-refractivity contribution in [2.75, 3.05) is 7.11 Å². The Morgan fingerprint density at radius 3 is 2.06 bits per heavy atom. The second-order valence-corrected chi connectivity index (χ2v) is 4.17. The van der Waals surface area contributed by atoms with E-state index in [1.165, 1.54) is 26.2 Å². The molecule has 0 heterocycles.